The van der Waals surface area contributed by atoms with E-state index >= 15 is 0 Å². The molecule has 0 bridgehead atoms. The van der Waals surface area contributed by atoms with E-state index in [1.807, 2.05) is 22.7 Å². The number of alkyl halides is 1. The zero-order valence-corrected chi connectivity index (χ0v) is 13.2. The summed E-state index contributed by atoms with van der Waals surface area (Å²) in [6.45, 7) is 4.30. The lowest BCUT2D eigenvalue weighted by Crippen LogP contribution is -1.87. The van der Waals surface area contributed by atoms with Gasteiger partial charge in [0.1, 0.15) is 0 Å². The molecule has 0 nitrogen and oxygen atoms in total. The van der Waals surface area contributed by atoms with Crippen molar-refractivity contribution in [3.63, 3.8) is 0 Å². The van der Waals surface area contributed by atoms with E-state index < -0.39 is 0 Å². The highest BCUT2D eigenvalue weighted by Crippen LogP contribution is 2.41. The molecule has 0 saturated carbocycles. The van der Waals surface area contributed by atoms with Crippen LogP contribution in [0.3, 0.4) is 0 Å². The molecule has 0 N–H and O–H groups in total. The quantitative estimate of drug-likeness (QED) is 0.601. The average molecular weight is 366 g/mol. The van der Waals surface area contributed by atoms with Crippen molar-refractivity contribution in [2.45, 2.75) is 18.7 Å². The fraction of sp³-hybridized carbons (Fsp3) is 0.273. The van der Waals surface area contributed by atoms with Crippen LogP contribution in [0.1, 0.15) is 25.0 Å². The van der Waals surface area contributed by atoms with Crippen molar-refractivity contribution in [3.05, 3.63) is 42.2 Å². The number of rotatable bonds is 2. The third-order valence-corrected chi connectivity index (χ3v) is 7.10. The highest BCUT2D eigenvalue weighted by Gasteiger charge is 2.17. The lowest BCUT2D eigenvalue weighted by atomic mass is 10.2. The molecule has 0 saturated heterocycles. The molecule has 0 aliphatic rings. The monoisotopic (exact) mass is 364 g/mol. The van der Waals surface area contributed by atoms with Crippen LogP contribution >= 0.6 is 54.5 Å². The van der Waals surface area contributed by atoms with Gasteiger partial charge in [0.15, 0.2) is 0 Å². The Morgan fingerprint density at radius 2 is 2.07 bits per heavy atom. The van der Waals surface area contributed by atoms with Gasteiger partial charge >= 0.3 is 0 Å². The Morgan fingerprint density at radius 1 is 1.33 bits per heavy atom. The molecular weight excluding hydrogens is 356 g/mol. The maximum absolute atomic E-state index is 3.77. The van der Waals surface area contributed by atoms with E-state index in [9.17, 15) is 0 Å². The Kier molecular flexibility index (Phi) is 3.71. The summed E-state index contributed by atoms with van der Waals surface area (Å²) in [4.78, 5) is 4.45. The van der Waals surface area contributed by atoms with E-state index in [0.29, 0.717) is 4.83 Å². The number of hydrogen-bond donors (Lipinski definition) is 0. The SMILES string of the molecule is Cc1ccsc1C(Br)c1cc(Br)c(C)s1. The topological polar surface area (TPSA) is 0 Å². The van der Waals surface area contributed by atoms with Crippen molar-refractivity contribution >= 4 is 54.5 Å². The van der Waals surface area contributed by atoms with Crippen LogP contribution in [-0.4, -0.2) is 0 Å². The Hall–Kier alpha value is 0.360. The minimum absolute atomic E-state index is 0.340. The second-order valence-electron chi connectivity index (χ2n) is 3.38. The molecule has 4 heteroatoms. The summed E-state index contributed by atoms with van der Waals surface area (Å²) >= 11 is 11.0. The molecule has 1 unspecified atom stereocenters. The minimum Gasteiger partial charge on any atom is -0.147 e. The van der Waals surface area contributed by atoms with E-state index in [1.54, 1.807) is 0 Å². The van der Waals surface area contributed by atoms with Gasteiger partial charge in [-0.15, -0.1) is 22.7 Å². The van der Waals surface area contributed by atoms with Gasteiger partial charge in [-0.05, 0) is 52.9 Å². The molecule has 0 radical (unpaired) electrons. The van der Waals surface area contributed by atoms with Crippen LogP contribution in [0.4, 0.5) is 0 Å². The van der Waals surface area contributed by atoms with Gasteiger partial charge in [-0.1, -0.05) is 15.9 Å². The fourth-order valence-corrected chi connectivity index (χ4v) is 5.02. The third kappa shape index (κ3) is 2.38. The molecular formula is C11H10Br2S2. The summed E-state index contributed by atoms with van der Waals surface area (Å²) in [6, 6.07) is 4.38. The van der Waals surface area contributed by atoms with Crippen molar-refractivity contribution in [3.8, 4) is 0 Å². The van der Waals surface area contributed by atoms with Crippen LogP contribution in [0, 0.1) is 13.8 Å². The maximum atomic E-state index is 3.77. The molecule has 0 fully saturated rings. The largest absolute Gasteiger partial charge is 0.147 e. The molecule has 0 aromatic carbocycles. The van der Waals surface area contributed by atoms with Crippen molar-refractivity contribution in [1.29, 1.82) is 0 Å². The van der Waals surface area contributed by atoms with Crippen LogP contribution in [0.25, 0.3) is 0 Å². The zero-order valence-electron chi connectivity index (χ0n) is 8.38. The van der Waals surface area contributed by atoms with Gasteiger partial charge in [-0.3, -0.25) is 0 Å². The molecule has 0 spiro atoms. The van der Waals surface area contributed by atoms with Crippen molar-refractivity contribution in [2.24, 2.45) is 0 Å². The van der Waals surface area contributed by atoms with Crippen LogP contribution in [0.2, 0.25) is 0 Å². The third-order valence-electron chi connectivity index (χ3n) is 2.26. The first-order chi connectivity index (χ1) is 7.09. The molecule has 2 heterocycles. The molecule has 15 heavy (non-hydrogen) atoms. The summed E-state index contributed by atoms with van der Waals surface area (Å²) in [6.07, 6.45) is 0. The first-order valence-corrected chi connectivity index (χ1v) is 7.94. The predicted octanol–water partition coefficient (Wildman–Crippen LogP) is 5.67. The molecule has 2 rings (SSSR count). The Bertz CT molecular complexity index is 451. The summed E-state index contributed by atoms with van der Waals surface area (Å²) in [5.41, 5.74) is 1.36. The van der Waals surface area contributed by atoms with Gasteiger partial charge in [-0.25, -0.2) is 0 Å². The molecule has 2 aromatic rings. The molecule has 0 amide bonds. The maximum Gasteiger partial charge on any atom is 0.0834 e. The van der Waals surface area contributed by atoms with Crippen molar-refractivity contribution in [2.75, 3.05) is 0 Å². The summed E-state index contributed by atoms with van der Waals surface area (Å²) in [7, 11) is 0. The Labute approximate surface area is 115 Å². The lowest BCUT2D eigenvalue weighted by molar-refractivity contribution is 1.24. The first kappa shape index (κ1) is 11.8. The number of halogens is 2. The van der Waals surface area contributed by atoms with E-state index in [2.05, 4.69) is 63.2 Å². The molecule has 0 aliphatic carbocycles. The van der Waals surface area contributed by atoms with Crippen LogP contribution in [0.5, 0.6) is 0 Å². The Morgan fingerprint density at radius 3 is 2.53 bits per heavy atom. The smallest absolute Gasteiger partial charge is 0.0834 e. The van der Waals surface area contributed by atoms with Gasteiger partial charge in [0.05, 0.1) is 4.83 Å². The average Bonchev–Trinajstić information content (AvgIpc) is 2.74. The molecule has 2 aromatic heterocycles. The second kappa shape index (κ2) is 4.70. The van der Waals surface area contributed by atoms with Crippen LogP contribution in [0.15, 0.2) is 22.0 Å². The fourth-order valence-electron chi connectivity index (χ4n) is 1.38. The minimum atomic E-state index is 0.340. The van der Waals surface area contributed by atoms with Gasteiger partial charge in [0.2, 0.25) is 0 Å². The van der Waals surface area contributed by atoms with Gasteiger partial charge in [0.25, 0.3) is 0 Å². The van der Waals surface area contributed by atoms with E-state index in [0.717, 1.165) is 0 Å². The van der Waals surface area contributed by atoms with Crippen molar-refractivity contribution < 1.29 is 0 Å². The van der Waals surface area contributed by atoms with Crippen molar-refractivity contribution in [1.82, 2.24) is 0 Å². The van der Waals surface area contributed by atoms with Gasteiger partial charge < -0.3 is 0 Å². The summed E-state index contributed by atoms with van der Waals surface area (Å²) < 4.78 is 1.21. The normalized spacial score (nSPS) is 13.1. The van der Waals surface area contributed by atoms with Gasteiger partial charge in [0, 0.05) is 19.1 Å². The molecule has 80 valence electrons. The van der Waals surface area contributed by atoms with E-state index in [4.69, 9.17) is 0 Å². The standard InChI is InChI=1S/C11H10Br2S2/c1-6-3-4-14-11(6)10(13)9-5-8(12)7(2)15-9/h3-5,10H,1-2H3. The molecule has 1 atom stereocenters. The lowest BCUT2D eigenvalue weighted by Gasteiger charge is -2.05. The highest BCUT2D eigenvalue weighted by molar-refractivity contribution is 9.10. The van der Waals surface area contributed by atoms with E-state index in [1.165, 1.54) is 24.7 Å². The highest BCUT2D eigenvalue weighted by atomic mass is 79.9. The van der Waals surface area contributed by atoms with Crippen LogP contribution in [-0.2, 0) is 0 Å². The van der Waals surface area contributed by atoms with E-state index in [-0.39, 0.29) is 0 Å². The summed E-state index contributed by atoms with van der Waals surface area (Å²) in [5, 5.41) is 2.15. The van der Waals surface area contributed by atoms with Gasteiger partial charge in [-0.2, -0.15) is 0 Å². The zero-order chi connectivity index (χ0) is 11.0. The number of thiophene rings is 2. The second-order valence-corrected chi connectivity index (χ2v) is 7.39. The summed E-state index contributed by atoms with van der Waals surface area (Å²) in [5.74, 6) is 0. The van der Waals surface area contributed by atoms with Crippen LogP contribution < -0.4 is 0 Å². The molecule has 0 aliphatic heterocycles. The Balaban J connectivity index is 2.36. The first-order valence-electron chi connectivity index (χ1n) is 4.53. The predicted molar refractivity (Wildman–Crippen MR) is 76.6 cm³/mol. The number of aryl methyl sites for hydroxylation is 2. The number of hydrogen-bond acceptors (Lipinski definition) is 2.